The Bertz CT molecular complexity index is 200. The van der Waals surface area contributed by atoms with Crippen LogP contribution in [0.4, 0.5) is 0 Å². The van der Waals surface area contributed by atoms with Gasteiger partial charge < -0.3 is 5.11 Å². The molecule has 0 atom stereocenters. The first-order valence-corrected chi connectivity index (χ1v) is 4.68. The first-order chi connectivity index (χ1) is 5.77. The van der Waals surface area contributed by atoms with Crippen molar-refractivity contribution in [2.24, 2.45) is 17.8 Å². The van der Waals surface area contributed by atoms with Crippen LogP contribution in [-0.2, 0) is 4.79 Å². The van der Waals surface area contributed by atoms with Gasteiger partial charge in [0.2, 0.25) is 0 Å². The number of carboxylic acids is 1. The summed E-state index contributed by atoms with van der Waals surface area (Å²) < 4.78 is 0. The van der Waals surface area contributed by atoms with E-state index in [1.807, 2.05) is 6.08 Å². The van der Waals surface area contributed by atoms with Crippen LogP contribution < -0.4 is 0 Å². The largest absolute Gasteiger partial charge is 0.478 e. The van der Waals surface area contributed by atoms with Crippen LogP contribution >= 0.6 is 0 Å². The van der Waals surface area contributed by atoms with Crippen molar-refractivity contribution < 1.29 is 9.90 Å². The molecule has 0 amide bonds. The van der Waals surface area contributed by atoms with Gasteiger partial charge in [-0.25, -0.2) is 4.79 Å². The van der Waals surface area contributed by atoms with Gasteiger partial charge in [0.1, 0.15) is 0 Å². The maximum Gasteiger partial charge on any atom is 0.327 e. The third kappa shape index (κ3) is 1.87. The van der Waals surface area contributed by atoms with Crippen molar-refractivity contribution in [3.63, 3.8) is 0 Å². The van der Waals surface area contributed by atoms with Gasteiger partial charge >= 0.3 is 5.97 Å². The summed E-state index contributed by atoms with van der Waals surface area (Å²) in [6, 6.07) is 0. The molecule has 2 rings (SSSR count). The topological polar surface area (TPSA) is 37.3 Å². The lowest BCUT2D eigenvalue weighted by Crippen LogP contribution is -2.02. The maximum atomic E-state index is 10.3. The molecule has 1 N–H and O–H groups in total. The molecule has 0 unspecified atom stereocenters. The lowest BCUT2D eigenvalue weighted by atomic mass is 9.97. The zero-order chi connectivity index (χ0) is 8.55. The SMILES string of the molecule is O=C(O)/C=C/C(C1CC1)C1CC1. The summed E-state index contributed by atoms with van der Waals surface area (Å²) in [5.74, 6) is 1.41. The predicted molar refractivity (Wildman–Crippen MR) is 45.7 cm³/mol. The van der Waals surface area contributed by atoms with Crippen molar-refractivity contribution in [3.05, 3.63) is 12.2 Å². The van der Waals surface area contributed by atoms with Gasteiger partial charge in [0, 0.05) is 6.08 Å². The summed E-state index contributed by atoms with van der Waals surface area (Å²) in [6.07, 6.45) is 8.48. The number of carboxylic acid groups (broad SMARTS) is 1. The van der Waals surface area contributed by atoms with E-state index in [9.17, 15) is 4.79 Å². The van der Waals surface area contributed by atoms with Crippen LogP contribution in [0, 0.1) is 17.8 Å². The van der Waals surface area contributed by atoms with Crippen LogP contribution in [0.1, 0.15) is 25.7 Å². The van der Waals surface area contributed by atoms with Crippen molar-refractivity contribution in [3.8, 4) is 0 Å². The van der Waals surface area contributed by atoms with Gasteiger partial charge in [-0.1, -0.05) is 6.08 Å². The molecule has 0 aromatic rings. The fraction of sp³-hybridized carbons (Fsp3) is 0.700. The molecule has 2 heteroatoms. The van der Waals surface area contributed by atoms with Crippen molar-refractivity contribution in [2.45, 2.75) is 25.7 Å². The van der Waals surface area contributed by atoms with E-state index in [1.54, 1.807) is 0 Å². The zero-order valence-electron chi connectivity index (χ0n) is 7.07. The third-order valence-corrected chi connectivity index (χ3v) is 2.79. The van der Waals surface area contributed by atoms with Crippen LogP contribution in [0.2, 0.25) is 0 Å². The van der Waals surface area contributed by atoms with E-state index in [0.717, 1.165) is 11.8 Å². The lowest BCUT2D eigenvalue weighted by molar-refractivity contribution is -0.131. The van der Waals surface area contributed by atoms with E-state index in [2.05, 4.69) is 0 Å². The standard InChI is InChI=1S/C10H14O2/c11-10(12)6-5-9(7-1-2-7)8-3-4-8/h5-9H,1-4H2,(H,11,12)/b6-5+. The van der Waals surface area contributed by atoms with Crippen LogP contribution in [0.3, 0.4) is 0 Å². The quantitative estimate of drug-likeness (QED) is 0.649. The van der Waals surface area contributed by atoms with Gasteiger partial charge in [0.05, 0.1) is 0 Å². The molecule has 0 radical (unpaired) electrons. The second-order valence-corrected chi connectivity index (χ2v) is 3.95. The fourth-order valence-electron chi connectivity index (χ4n) is 1.85. The molecule has 0 heterocycles. The highest BCUT2D eigenvalue weighted by atomic mass is 16.4. The van der Waals surface area contributed by atoms with Crippen LogP contribution in [0.15, 0.2) is 12.2 Å². The summed E-state index contributed by atoms with van der Waals surface area (Å²) in [4.78, 5) is 10.3. The Morgan fingerprint density at radius 3 is 2.08 bits per heavy atom. The summed E-state index contributed by atoms with van der Waals surface area (Å²) in [5, 5.41) is 8.48. The number of hydrogen-bond donors (Lipinski definition) is 1. The lowest BCUT2D eigenvalue weighted by Gasteiger charge is -2.07. The molecule has 0 bridgehead atoms. The highest BCUT2D eigenvalue weighted by Crippen LogP contribution is 2.49. The average molecular weight is 166 g/mol. The Hall–Kier alpha value is -0.790. The monoisotopic (exact) mass is 166 g/mol. The number of allylic oxidation sites excluding steroid dienone is 1. The van der Waals surface area contributed by atoms with Gasteiger partial charge in [-0.15, -0.1) is 0 Å². The van der Waals surface area contributed by atoms with Gasteiger partial charge in [-0.2, -0.15) is 0 Å². The smallest absolute Gasteiger partial charge is 0.327 e. The van der Waals surface area contributed by atoms with Crippen molar-refractivity contribution >= 4 is 5.97 Å². The van der Waals surface area contributed by atoms with Crippen molar-refractivity contribution in [1.29, 1.82) is 0 Å². The Kier molecular flexibility index (Phi) is 1.91. The van der Waals surface area contributed by atoms with Gasteiger partial charge in [-0.05, 0) is 43.4 Å². The Labute approximate surface area is 72.3 Å². The molecule has 0 aromatic heterocycles. The number of aliphatic carboxylic acids is 1. The van der Waals surface area contributed by atoms with E-state index < -0.39 is 5.97 Å². The second kappa shape index (κ2) is 2.92. The first kappa shape index (κ1) is 7.84. The number of hydrogen-bond acceptors (Lipinski definition) is 1. The minimum atomic E-state index is -0.804. The van der Waals surface area contributed by atoms with Crippen molar-refractivity contribution in [1.82, 2.24) is 0 Å². The predicted octanol–water partition coefficient (Wildman–Crippen LogP) is 2.06. The van der Waals surface area contributed by atoms with E-state index in [0.29, 0.717) is 5.92 Å². The molecule has 2 fully saturated rings. The molecule has 2 aliphatic carbocycles. The van der Waals surface area contributed by atoms with Gasteiger partial charge in [0.25, 0.3) is 0 Å². The second-order valence-electron chi connectivity index (χ2n) is 3.95. The minimum absolute atomic E-state index is 0.584. The molecule has 12 heavy (non-hydrogen) atoms. The van der Waals surface area contributed by atoms with E-state index in [4.69, 9.17) is 5.11 Å². The third-order valence-electron chi connectivity index (χ3n) is 2.79. The molecule has 0 spiro atoms. The minimum Gasteiger partial charge on any atom is -0.478 e. The van der Waals surface area contributed by atoms with Gasteiger partial charge in [-0.3, -0.25) is 0 Å². The highest BCUT2D eigenvalue weighted by Gasteiger charge is 2.39. The molecule has 2 aliphatic rings. The molecular weight excluding hydrogens is 152 g/mol. The van der Waals surface area contributed by atoms with Crippen LogP contribution in [-0.4, -0.2) is 11.1 Å². The maximum absolute atomic E-state index is 10.3. The highest BCUT2D eigenvalue weighted by molar-refractivity contribution is 5.79. The summed E-state index contributed by atoms with van der Waals surface area (Å²) >= 11 is 0. The molecule has 0 aromatic carbocycles. The molecule has 0 saturated heterocycles. The summed E-state index contributed by atoms with van der Waals surface area (Å²) in [7, 11) is 0. The molecular formula is C10H14O2. The zero-order valence-corrected chi connectivity index (χ0v) is 7.07. The van der Waals surface area contributed by atoms with Crippen LogP contribution in [0.25, 0.3) is 0 Å². The molecule has 0 aliphatic heterocycles. The van der Waals surface area contributed by atoms with Gasteiger partial charge in [0.15, 0.2) is 0 Å². The van der Waals surface area contributed by atoms with Crippen LogP contribution in [0.5, 0.6) is 0 Å². The van der Waals surface area contributed by atoms with E-state index in [1.165, 1.54) is 31.8 Å². The van der Waals surface area contributed by atoms with E-state index >= 15 is 0 Å². The summed E-state index contributed by atoms with van der Waals surface area (Å²) in [6.45, 7) is 0. The Morgan fingerprint density at radius 2 is 1.75 bits per heavy atom. The fourth-order valence-corrected chi connectivity index (χ4v) is 1.85. The van der Waals surface area contributed by atoms with Crippen molar-refractivity contribution in [2.75, 3.05) is 0 Å². The average Bonchev–Trinajstić information content (AvgIpc) is 2.83. The molecule has 66 valence electrons. The molecule has 2 nitrogen and oxygen atoms in total. The number of carbonyl (C=O) groups is 1. The molecule has 2 saturated carbocycles. The number of rotatable bonds is 4. The normalized spacial score (nSPS) is 23.8. The Morgan fingerprint density at radius 1 is 1.25 bits per heavy atom. The van der Waals surface area contributed by atoms with E-state index in [-0.39, 0.29) is 0 Å². The first-order valence-electron chi connectivity index (χ1n) is 4.68. The Balaban J connectivity index is 1.91. The summed E-state index contributed by atoms with van der Waals surface area (Å²) in [5.41, 5.74) is 0.